The predicted octanol–water partition coefficient (Wildman–Crippen LogP) is 2.75. The molecule has 21 heavy (non-hydrogen) atoms. The van der Waals surface area contributed by atoms with Crippen molar-refractivity contribution in [3.63, 3.8) is 0 Å². The predicted molar refractivity (Wildman–Crippen MR) is 79.8 cm³/mol. The zero-order valence-electron chi connectivity index (χ0n) is 11.3. The summed E-state index contributed by atoms with van der Waals surface area (Å²) in [6.45, 7) is 0.679. The number of pyridine rings is 1. The molecule has 0 amide bonds. The van der Waals surface area contributed by atoms with Crippen LogP contribution in [0.4, 0.5) is 5.82 Å². The summed E-state index contributed by atoms with van der Waals surface area (Å²) < 4.78 is 1.82. The number of nitriles is 1. The van der Waals surface area contributed by atoms with Gasteiger partial charge in [0.1, 0.15) is 11.9 Å². The van der Waals surface area contributed by atoms with Gasteiger partial charge in [-0.2, -0.15) is 10.4 Å². The van der Waals surface area contributed by atoms with Gasteiger partial charge in [-0.25, -0.2) is 9.67 Å². The Morgan fingerprint density at radius 1 is 1.14 bits per heavy atom. The van der Waals surface area contributed by atoms with Gasteiger partial charge in [-0.15, -0.1) is 0 Å². The summed E-state index contributed by atoms with van der Waals surface area (Å²) in [5, 5.41) is 16.1. The normalized spacial score (nSPS) is 10.0. The first-order valence-electron chi connectivity index (χ1n) is 6.54. The molecule has 0 atom stereocenters. The molecule has 0 aliphatic rings. The van der Waals surface area contributed by atoms with E-state index in [0.29, 0.717) is 12.1 Å². The van der Waals surface area contributed by atoms with Gasteiger partial charge in [0.2, 0.25) is 0 Å². The summed E-state index contributed by atoms with van der Waals surface area (Å²) in [7, 11) is 0. The number of rotatable bonds is 4. The van der Waals surface area contributed by atoms with Gasteiger partial charge in [0.25, 0.3) is 0 Å². The maximum atomic E-state index is 8.72. The molecule has 1 N–H and O–H groups in total. The first-order valence-corrected chi connectivity index (χ1v) is 6.54. The Morgan fingerprint density at radius 2 is 2.00 bits per heavy atom. The van der Waals surface area contributed by atoms with Crippen LogP contribution in [-0.2, 0) is 6.54 Å². The van der Waals surface area contributed by atoms with E-state index in [1.165, 1.54) is 0 Å². The minimum absolute atomic E-state index is 0.559. The second kappa shape index (κ2) is 5.88. The molecule has 2 aromatic heterocycles. The maximum absolute atomic E-state index is 8.72. The third-order valence-electron chi connectivity index (χ3n) is 3.07. The number of aromatic nitrogens is 3. The van der Waals surface area contributed by atoms with Gasteiger partial charge < -0.3 is 5.32 Å². The molecule has 0 saturated heterocycles. The average molecular weight is 275 g/mol. The molecule has 0 aliphatic heterocycles. The Labute approximate surface area is 122 Å². The smallest absolute Gasteiger partial charge is 0.126 e. The lowest BCUT2D eigenvalue weighted by atomic mass is 10.2. The van der Waals surface area contributed by atoms with Crippen LogP contribution in [0.5, 0.6) is 0 Å². The third kappa shape index (κ3) is 3.07. The van der Waals surface area contributed by atoms with Crippen LogP contribution in [0.3, 0.4) is 0 Å². The molecule has 0 spiro atoms. The molecule has 3 aromatic rings. The van der Waals surface area contributed by atoms with Gasteiger partial charge in [-0.05, 0) is 35.9 Å². The van der Waals surface area contributed by atoms with Crippen molar-refractivity contribution in [3.8, 4) is 11.8 Å². The molecule has 0 bridgehead atoms. The fourth-order valence-electron chi connectivity index (χ4n) is 1.95. The van der Waals surface area contributed by atoms with E-state index in [0.717, 1.165) is 17.1 Å². The summed E-state index contributed by atoms with van der Waals surface area (Å²) in [4.78, 5) is 4.18. The number of benzene rings is 1. The molecule has 2 heterocycles. The zero-order valence-corrected chi connectivity index (χ0v) is 11.3. The van der Waals surface area contributed by atoms with Crippen LogP contribution in [0.1, 0.15) is 11.1 Å². The van der Waals surface area contributed by atoms with Crippen molar-refractivity contribution in [3.05, 3.63) is 72.2 Å². The third-order valence-corrected chi connectivity index (χ3v) is 3.07. The quantitative estimate of drug-likeness (QED) is 0.795. The molecular weight excluding hydrogens is 262 g/mol. The van der Waals surface area contributed by atoms with Crippen LogP contribution in [0.25, 0.3) is 5.69 Å². The van der Waals surface area contributed by atoms with E-state index in [-0.39, 0.29) is 0 Å². The van der Waals surface area contributed by atoms with Gasteiger partial charge in [0.05, 0.1) is 11.3 Å². The minimum Gasteiger partial charge on any atom is -0.366 e. The van der Waals surface area contributed by atoms with E-state index >= 15 is 0 Å². The Balaban J connectivity index is 1.64. The summed E-state index contributed by atoms with van der Waals surface area (Å²) in [5.74, 6) is 0.755. The molecule has 0 aliphatic carbocycles. The van der Waals surface area contributed by atoms with Crippen LogP contribution in [0.15, 0.2) is 61.1 Å². The van der Waals surface area contributed by atoms with Crippen molar-refractivity contribution in [2.24, 2.45) is 0 Å². The topological polar surface area (TPSA) is 66.5 Å². The summed E-state index contributed by atoms with van der Waals surface area (Å²) >= 11 is 0. The van der Waals surface area contributed by atoms with E-state index < -0.39 is 0 Å². The minimum atomic E-state index is 0.559. The van der Waals surface area contributed by atoms with Crippen molar-refractivity contribution < 1.29 is 0 Å². The van der Waals surface area contributed by atoms with Crippen LogP contribution in [-0.4, -0.2) is 14.8 Å². The highest BCUT2D eigenvalue weighted by molar-refractivity contribution is 5.40. The fraction of sp³-hybridized carbons (Fsp3) is 0.0625. The number of anilines is 1. The highest BCUT2D eigenvalue weighted by Gasteiger charge is 1.98. The lowest BCUT2D eigenvalue weighted by Crippen LogP contribution is -2.02. The molecule has 0 unspecified atom stereocenters. The molecule has 5 heteroatoms. The molecular formula is C16H13N5. The van der Waals surface area contributed by atoms with Crippen molar-refractivity contribution in [2.75, 3.05) is 5.32 Å². The van der Waals surface area contributed by atoms with Crippen LogP contribution in [0, 0.1) is 11.3 Å². The number of nitrogens with one attached hydrogen (secondary N) is 1. The summed E-state index contributed by atoms with van der Waals surface area (Å²) in [5.41, 5.74) is 2.74. The van der Waals surface area contributed by atoms with E-state index in [9.17, 15) is 0 Å². The number of hydrogen-bond acceptors (Lipinski definition) is 4. The fourth-order valence-corrected chi connectivity index (χ4v) is 1.95. The molecule has 3 rings (SSSR count). The molecule has 1 aromatic carbocycles. The SMILES string of the molecule is N#Cc1ccc(NCc2ccc(-n3cccn3)cc2)nc1. The van der Waals surface area contributed by atoms with Crippen LogP contribution in [0.2, 0.25) is 0 Å². The molecule has 0 radical (unpaired) electrons. The van der Waals surface area contributed by atoms with Crippen molar-refractivity contribution in [1.29, 1.82) is 5.26 Å². The lowest BCUT2D eigenvalue weighted by molar-refractivity contribution is 0.879. The largest absolute Gasteiger partial charge is 0.366 e. The lowest BCUT2D eigenvalue weighted by Gasteiger charge is -2.07. The Morgan fingerprint density at radius 3 is 2.62 bits per heavy atom. The maximum Gasteiger partial charge on any atom is 0.126 e. The highest BCUT2D eigenvalue weighted by Crippen LogP contribution is 2.11. The highest BCUT2D eigenvalue weighted by atomic mass is 15.3. The van der Waals surface area contributed by atoms with Crippen molar-refractivity contribution in [1.82, 2.24) is 14.8 Å². The van der Waals surface area contributed by atoms with Gasteiger partial charge in [-0.1, -0.05) is 12.1 Å². The van der Waals surface area contributed by atoms with Gasteiger partial charge in [-0.3, -0.25) is 0 Å². The van der Waals surface area contributed by atoms with E-state index in [1.54, 1.807) is 24.5 Å². The Bertz CT molecular complexity index is 737. The number of nitrogens with zero attached hydrogens (tertiary/aromatic N) is 4. The Kier molecular flexibility index (Phi) is 3.61. The Hall–Kier alpha value is -3.13. The second-order valence-corrected chi connectivity index (χ2v) is 4.51. The van der Waals surface area contributed by atoms with E-state index in [2.05, 4.69) is 15.4 Å². The van der Waals surface area contributed by atoms with Gasteiger partial charge in [0.15, 0.2) is 0 Å². The first-order chi connectivity index (χ1) is 10.3. The van der Waals surface area contributed by atoms with Crippen LogP contribution >= 0.6 is 0 Å². The second-order valence-electron chi connectivity index (χ2n) is 4.51. The molecule has 0 saturated carbocycles. The standard InChI is InChI=1S/C16H13N5/c17-10-14-4-7-16(19-12-14)18-11-13-2-5-15(6-3-13)21-9-1-8-20-21/h1-9,12H,11H2,(H,18,19). The summed E-state index contributed by atoms with van der Waals surface area (Å²) in [6.07, 6.45) is 5.23. The first kappa shape index (κ1) is 12.9. The monoisotopic (exact) mass is 275 g/mol. The van der Waals surface area contributed by atoms with E-state index in [4.69, 9.17) is 5.26 Å². The van der Waals surface area contributed by atoms with Gasteiger partial charge >= 0.3 is 0 Å². The molecule has 0 fully saturated rings. The van der Waals surface area contributed by atoms with Gasteiger partial charge in [0, 0.05) is 25.1 Å². The molecule has 102 valence electrons. The average Bonchev–Trinajstić information content (AvgIpc) is 3.08. The van der Waals surface area contributed by atoms with Crippen molar-refractivity contribution in [2.45, 2.75) is 6.54 Å². The van der Waals surface area contributed by atoms with Crippen molar-refractivity contribution >= 4 is 5.82 Å². The van der Waals surface area contributed by atoms with Crippen LogP contribution < -0.4 is 5.32 Å². The number of hydrogen-bond donors (Lipinski definition) is 1. The molecule has 5 nitrogen and oxygen atoms in total. The summed E-state index contributed by atoms with van der Waals surface area (Å²) in [6, 6.07) is 15.6. The zero-order chi connectivity index (χ0) is 14.5. The van der Waals surface area contributed by atoms with E-state index in [1.807, 2.05) is 47.3 Å².